The van der Waals surface area contributed by atoms with Crippen LogP contribution in [-0.2, 0) is 10.0 Å². The van der Waals surface area contributed by atoms with Crippen molar-refractivity contribution < 1.29 is 8.42 Å². The zero-order valence-corrected chi connectivity index (χ0v) is 12.1. The molecular formula is C12H26N2O2S. The lowest BCUT2D eigenvalue weighted by Gasteiger charge is -2.22. The zero-order chi connectivity index (χ0) is 12.9. The Bertz CT molecular complexity index is 325. The highest BCUT2D eigenvalue weighted by atomic mass is 32.2. The molecule has 102 valence electrons. The van der Waals surface area contributed by atoms with Crippen LogP contribution in [0.4, 0.5) is 0 Å². The second-order valence-corrected chi connectivity index (χ2v) is 7.82. The van der Waals surface area contributed by atoms with E-state index in [2.05, 4.69) is 23.9 Å². The molecule has 4 nitrogen and oxygen atoms in total. The van der Waals surface area contributed by atoms with E-state index >= 15 is 0 Å². The molecule has 1 unspecified atom stereocenters. The number of hydrogen-bond acceptors (Lipinski definition) is 3. The van der Waals surface area contributed by atoms with Gasteiger partial charge in [0.15, 0.2) is 0 Å². The van der Waals surface area contributed by atoms with Crippen molar-refractivity contribution in [2.75, 3.05) is 19.3 Å². The Morgan fingerprint density at radius 2 is 1.94 bits per heavy atom. The summed E-state index contributed by atoms with van der Waals surface area (Å²) in [6.07, 6.45) is 6.07. The minimum atomic E-state index is -3.06. The molecule has 0 aromatic rings. The predicted molar refractivity (Wildman–Crippen MR) is 71.5 cm³/mol. The van der Waals surface area contributed by atoms with Gasteiger partial charge in [-0.3, -0.25) is 0 Å². The molecule has 5 heteroatoms. The third kappa shape index (κ3) is 5.84. The van der Waals surface area contributed by atoms with Gasteiger partial charge >= 0.3 is 0 Å². The highest BCUT2D eigenvalue weighted by Crippen LogP contribution is 2.33. The largest absolute Gasteiger partial charge is 0.313 e. The molecular weight excluding hydrogens is 236 g/mol. The smallest absolute Gasteiger partial charge is 0.212 e. The summed E-state index contributed by atoms with van der Waals surface area (Å²) in [7, 11) is -1.60. The maximum Gasteiger partial charge on any atom is 0.212 e. The molecule has 0 bridgehead atoms. The van der Waals surface area contributed by atoms with Gasteiger partial charge in [0.25, 0.3) is 0 Å². The molecule has 1 aliphatic carbocycles. The molecule has 0 spiro atoms. The van der Waals surface area contributed by atoms with E-state index in [1.54, 1.807) is 0 Å². The van der Waals surface area contributed by atoms with Crippen LogP contribution >= 0.6 is 0 Å². The first kappa shape index (κ1) is 14.9. The first-order valence-corrected chi connectivity index (χ1v) is 8.14. The molecule has 0 aliphatic heterocycles. The minimum Gasteiger partial charge on any atom is -0.313 e. The second kappa shape index (κ2) is 6.16. The summed E-state index contributed by atoms with van der Waals surface area (Å²) in [4.78, 5) is 0. The minimum absolute atomic E-state index is 0.170. The molecule has 0 radical (unpaired) electrons. The van der Waals surface area contributed by atoms with Crippen LogP contribution in [0.2, 0.25) is 0 Å². The van der Waals surface area contributed by atoms with E-state index in [9.17, 15) is 8.42 Å². The Morgan fingerprint density at radius 3 is 2.59 bits per heavy atom. The molecule has 1 fully saturated rings. The van der Waals surface area contributed by atoms with Crippen LogP contribution in [0.1, 0.15) is 46.0 Å². The monoisotopic (exact) mass is 262 g/mol. The molecule has 17 heavy (non-hydrogen) atoms. The lowest BCUT2D eigenvalue weighted by molar-refractivity contribution is 0.310. The third-order valence-corrected chi connectivity index (χ3v) is 5.05. The van der Waals surface area contributed by atoms with Crippen LogP contribution in [0.15, 0.2) is 0 Å². The van der Waals surface area contributed by atoms with Crippen molar-refractivity contribution in [1.29, 1.82) is 0 Å². The van der Waals surface area contributed by atoms with Gasteiger partial charge in [0, 0.05) is 12.6 Å². The van der Waals surface area contributed by atoms with E-state index in [1.807, 2.05) is 0 Å². The summed E-state index contributed by atoms with van der Waals surface area (Å²) >= 11 is 0. The Balaban J connectivity index is 2.29. The molecule has 0 heterocycles. The van der Waals surface area contributed by atoms with Crippen molar-refractivity contribution in [2.24, 2.45) is 5.41 Å². The molecule has 1 saturated carbocycles. The molecule has 1 rings (SSSR count). The molecule has 2 N–H and O–H groups in total. The molecule has 1 aliphatic rings. The maximum atomic E-state index is 11.3. The Hall–Kier alpha value is -0.130. The van der Waals surface area contributed by atoms with E-state index in [1.165, 1.54) is 32.7 Å². The van der Waals surface area contributed by atoms with E-state index in [-0.39, 0.29) is 5.75 Å². The van der Waals surface area contributed by atoms with E-state index in [0.29, 0.717) is 18.0 Å². The number of sulfonamides is 1. The quantitative estimate of drug-likeness (QED) is 0.738. The Kier molecular flexibility index (Phi) is 5.41. The van der Waals surface area contributed by atoms with Gasteiger partial charge in [0.1, 0.15) is 0 Å². The van der Waals surface area contributed by atoms with Crippen molar-refractivity contribution in [1.82, 2.24) is 10.0 Å². The van der Waals surface area contributed by atoms with Gasteiger partial charge in [-0.1, -0.05) is 20.3 Å². The van der Waals surface area contributed by atoms with Crippen LogP contribution in [0.3, 0.4) is 0 Å². The van der Waals surface area contributed by atoms with E-state index in [0.717, 1.165) is 6.42 Å². The number of nitrogens with one attached hydrogen (secondary N) is 2. The summed E-state index contributed by atoms with van der Waals surface area (Å²) in [5.41, 5.74) is 0.452. The van der Waals surface area contributed by atoms with Crippen LogP contribution < -0.4 is 10.0 Å². The fraction of sp³-hybridized carbons (Fsp3) is 1.00. The van der Waals surface area contributed by atoms with Gasteiger partial charge in [-0.25, -0.2) is 13.1 Å². The summed E-state index contributed by atoms with van der Waals surface area (Å²) < 4.78 is 24.9. The van der Waals surface area contributed by atoms with Gasteiger partial charge in [-0.05, 0) is 38.1 Å². The van der Waals surface area contributed by atoms with Crippen LogP contribution in [0.5, 0.6) is 0 Å². The summed E-state index contributed by atoms with van der Waals surface area (Å²) in [5.74, 6) is 0.170. The second-order valence-electron chi connectivity index (χ2n) is 5.77. The Morgan fingerprint density at radius 1 is 1.24 bits per heavy atom. The fourth-order valence-corrected chi connectivity index (χ4v) is 2.96. The lowest BCUT2D eigenvalue weighted by atomic mass is 9.85. The standard InChI is InChI=1S/C12H26N2O2S/c1-12(2)7-4-5-11(6-8-12)14-9-10-17(15,16)13-3/h11,13-14H,4-10H2,1-3H3. The van der Waals surface area contributed by atoms with Gasteiger partial charge in [-0.2, -0.15) is 0 Å². The van der Waals surface area contributed by atoms with Crippen molar-refractivity contribution >= 4 is 10.0 Å². The van der Waals surface area contributed by atoms with Gasteiger partial charge in [-0.15, -0.1) is 0 Å². The zero-order valence-electron chi connectivity index (χ0n) is 11.3. The molecule has 1 atom stereocenters. The highest BCUT2D eigenvalue weighted by Gasteiger charge is 2.24. The lowest BCUT2D eigenvalue weighted by Crippen LogP contribution is -2.35. The van der Waals surface area contributed by atoms with Crippen LogP contribution in [0.25, 0.3) is 0 Å². The first-order chi connectivity index (χ1) is 7.85. The number of hydrogen-bond donors (Lipinski definition) is 2. The van der Waals surface area contributed by atoms with Crippen molar-refractivity contribution in [3.8, 4) is 0 Å². The van der Waals surface area contributed by atoms with Crippen molar-refractivity contribution in [3.63, 3.8) is 0 Å². The number of rotatable bonds is 5. The highest BCUT2D eigenvalue weighted by molar-refractivity contribution is 7.89. The topological polar surface area (TPSA) is 58.2 Å². The van der Waals surface area contributed by atoms with E-state index < -0.39 is 10.0 Å². The predicted octanol–water partition coefficient (Wildman–Crippen LogP) is 1.48. The summed E-state index contributed by atoms with van der Waals surface area (Å²) in [5, 5.41) is 3.37. The maximum absolute atomic E-state index is 11.3. The SMILES string of the molecule is CNS(=O)(=O)CCNC1CCCC(C)(C)CC1. The summed E-state index contributed by atoms with van der Waals surface area (Å²) in [6, 6.07) is 0.490. The van der Waals surface area contributed by atoms with Crippen LogP contribution in [0, 0.1) is 5.41 Å². The fourth-order valence-electron chi connectivity index (χ4n) is 2.36. The van der Waals surface area contributed by atoms with Crippen LogP contribution in [-0.4, -0.2) is 33.8 Å². The third-order valence-electron chi connectivity index (χ3n) is 3.69. The average Bonchev–Trinajstić information content (AvgIpc) is 2.40. The molecule has 0 saturated heterocycles. The average molecular weight is 262 g/mol. The molecule has 0 amide bonds. The van der Waals surface area contributed by atoms with Gasteiger partial charge in [0.05, 0.1) is 5.75 Å². The Labute approximate surface area is 106 Å². The van der Waals surface area contributed by atoms with Gasteiger partial charge < -0.3 is 5.32 Å². The van der Waals surface area contributed by atoms with Crippen molar-refractivity contribution in [2.45, 2.75) is 52.0 Å². The van der Waals surface area contributed by atoms with Crippen molar-refractivity contribution in [3.05, 3.63) is 0 Å². The molecule has 0 aromatic heterocycles. The van der Waals surface area contributed by atoms with Gasteiger partial charge in [0.2, 0.25) is 10.0 Å². The van der Waals surface area contributed by atoms with E-state index in [4.69, 9.17) is 0 Å². The first-order valence-electron chi connectivity index (χ1n) is 6.49. The molecule has 0 aromatic carbocycles. The summed E-state index contributed by atoms with van der Waals surface area (Å²) in [6.45, 7) is 5.19. The normalized spacial score (nSPS) is 25.5.